The van der Waals surface area contributed by atoms with Crippen LogP contribution >= 0.6 is 0 Å². The number of nitro groups is 1. The number of carbonyl (C=O) groups is 1. The van der Waals surface area contributed by atoms with E-state index >= 15 is 0 Å². The van der Waals surface area contributed by atoms with E-state index in [1.165, 1.54) is 43.5 Å². The fourth-order valence-corrected chi connectivity index (χ4v) is 2.51. The summed E-state index contributed by atoms with van der Waals surface area (Å²) in [7, 11) is 1.24. The number of fused-ring (bicyclic) bond motifs is 1. The number of halogens is 2. The Morgan fingerprint density at radius 2 is 1.93 bits per heavy atom. The van der Waals surface area contributed by atoms with Gasteiger partial charge in [0.25, 0.3) is 5.69 Å². The molecule has 0 amide bonds. The van der Waals surface area contributed by atoms with E-state index in [2.05, 4.69) is 4.74 Å². The van der Waals surface area contributed by atoms with Crippen molar-refractivity contribution in [1.82, 2.24) is 0 Å². The second-order valence-corrected chi connectivity index (χ2v) is 5.46. The van der Waals surface area contributed by atoms with Crippen LogP contribution in [0.4, 0.5) is 14.5 Å². The summed E-state index contributed by atoms with van der Waals surface area (Å²) in [5, 5.41) is 11.2. The maximum Gasteiger partial charge on any atom is 0.387 e. The summed E-state index contributed by atoms with van der Waals surface area (Å²) in [6.07, 6.45) is 2.38. The van der Waals surface area contributed by atoms with Crippen LogP contribution in [0.3, 0.4) is 0 Å². The van der Waals surface area contributed by atoms with E-state index in [9.17, 15) is 23.7 Å². The molecule has 0 bridgehead atoms. The number of carbonyl (C=O) groups excluding carboxylic acids is 1. The zero-order valence-electron chi connectivity index (χ0n) is 14.4. The third-order valence-corrected chi connectivity index (χ3v) is 3.80. The fourth-order valence-electron chi connectivity index (χ4n) is 2.51. The number of ether oxygens (including phenoxy) is 4. The van der Waals surface area contributed by atoms with Crippen molar-refractivity contribution in [3.05, 3.63) is 57.6 Å². The lowest BCUT2D eigenvalue weighted by Crippen LogP contribution is -2.04. The molecule has 28 heavy (non-hydrogen) atoms. The van der Waals surface area contributed by atoms with Gasteiger partial charge in [0.05, 0.1) is 23.7 Å². The molecule has 0 radical (unpaired) electrons. The van der Waals surface area contributed by atoms with Gasteiger partial charge in [-0.25, -0.2) is 0 Å². The lowest BCUT2D eigenvalue weighted by molar-refractivity contribution is -0.385. The van der Waals surface area contributed by atoms with Gasteiger partial charge in [-0.1, -0.05) is 0 Å². The van der Waals surface area contributed by atoms with Crippen LogP contribution in [0.2, 0.25) is 0 Å². The first-order valence-electron chi connectivity index (χ1n) is 7.82. The monoisotopic (exact) mass is 393 g/mol. The van der Waals surface area contributed by atoms with Gasteiger partial charge in [0.2, 0.25) is 6.79 Å². The predicted octanol–water partition coefficient (Wildman–Crippen LogP) is 3.83. The number of ketones is 1. The second-order valence-electron chi connectivity index (χ2n) is 5.46. The van der Waals surface area contributed by atoms with Gasteiger partial charge < -0.3 is 18.9 Å². The summed E-state index contributed by atoms with van der Waals surface area (Å²) in [5.74, 6) is -0.214. The Morgan fingerprint density at radius 1 is 1.21 bits per heavy atom. The van der Waals surface area contributed by atoms with Gasteiger partial charge in [-0.15, -0.1) is 0 Å². The van der Waals surface area contributed by atoms with Crippen molar-refractivity contribution >= 4 is 17.5 Å². The number of nitrogens with zero attached hydrogens (tertiary/aromatic N) is 1. The summed E-state index contributed by atoms with van der Waals surface area (Å²) in [6, 6.07) is 6.30. The highest BCUT2D eigenvalue weighted by molar-refractivity contribution is 6.07. The number of rotatable bonds is 7. The van der Waals surface area contributed by atoms with Crippen molar-refractivity contribution in [1.29, 1.82) is 0 Å². The van der Waals surface area contributed by atoms with Crippen LogP contribution in [0.5, 0.6) is 23.0 Å². The third kappa shape index (κ3) is 4.00. The molecular formula is C18H13F2NO7. The van der Waals surface area contributed by atoms with E-state index < -0.39 is 17.3 Å². The van der Waals surface area contributed by atoms with Crippen LogP contribution in [0.1, 0.15) is 15.9 Å². The van der Waals surface area contributed by atoms with Crippen molar-refractivity contribution in [2.75, 3.05) is 13.9 Å². The third-order valence-electron chi connectivity index (χ3n) is 3.80. The first-order chi connectivity index (χ1) is 13.4. The predicted molar refractivity (Wildman–Crippen MR) is 92.2 cm³/mol. The highest BCUT2D eigenvalue weighted by atomic mass is 19.3. The molecule has 8 nitrogen and oxygen atoms in total. The van der Waals surface area contributed by atoms with E-state index in [1.807, 2.05) is 0 Å². The Labute approximate surface area is 157 Å². The Kier molecular flexibility index (Phi) is 5.39. The standard InChI is InChI=1S/C18H13F2NO7/c1-25-15-7-11(3-5-14(15)28-18(19)20)13(22)4-2-10-6-16-17(27-9-26-16)8-12(10)21(23)24/h2-8,18H,9H2,1H3/b4-2+. The topological polar surface area (TPSA) is 97.1 Å². The Hall–Kier alpha value is -3.69. The second kappa shape index (κ2) is 7.91. The lowest BCUT2D eigenvalue weighted by Gasteiger charge is -2.10. The van der Waals surface area contributed by atoms with Crippen LogP contribution in [0.25, 0.3) is 6.08 Å². The highest BCUT2D eigenvalue weighted by Crippen LogP contribution is 2.38. The maximum absolute atomic E-state index is 12.4. The number of nitro benzene ring substituents is 1. The van der Waals surface area contributed by atoms with Gasteiger partial charge in [-0.05, 0) is 36.4 Å². The Balaban J connectivity index is 1.87. The molecule has 0 saturated heterocycles. The van der Waals surface area contributed by atoms with Crippen LogP contribution in [-0.2, 0) is 0 Å². The van der Waals surface area contributed by atoms with E-state index in [1.54, 1.807) is 0 Å². The van der Waals surface area contributed by atoms with E-state index in [0.717, 1.165) is 6.08 Å². The van der Waals surface area contributed by atoms with Gasteiger partial charge in [0.1, 0.15) is 0 Å². The first kappa shape index (κ1) is 19.1. The molecule has 0 aromatic heterocycles. The average molecular weight is 393 g/mol. The molecule has 1 aliphatic rings. The minimum absolute atomic E-state index is 0.0476. The van der Waals surface area contributed by atoms with Crippen molar-refractivity contribution < 1.29 is 37.4 Å². The van der Waals surface area contributed by atoms with Crippen LogP contribution in [0.15, 0.2) is 36.4 Å². The molecule has 0 N–H and O–H groups in total. The quantitative estimate of drug-likeness (QED) is 0.305. The van der Waals surface area contributed by atoms with Crippen molar-refractivity contribution in [3.63, 3.8) is 0 Å². The van der Waals surface area contributed by atoms with E-state index in [-0.39, 0.29) is 40.9 Å². The molecular weight excluding hydrogens is 380 g/mol. The molecule has 2 aromatic carbocycles. The molecule has 0 atom stereocenters. The number of methoxy groups -OCH3 is 1. The number of hydrogen-bond donors (Lipinski definition) is 0. The number of alkyl halides is 2. The summed E-state index contributed by atoms with van der Waals surface area (Å²) in [4.78, 5) is 23.0. The zero-order valence-corrected chi connectivity index (χ0v) is 14.4. The average Bonchev–Trinajstić information content (AvgIpc) is 3.12. The van der Waals surface area contributed by atoms with Crippen LogP contribution in [0, 0.1) is 10.1 Å². The molecule has 0 spiro atoms. The molecule has 1 aliphatic heterocycles. The van der Waals surface area contributed by atoms with Crippen molar-refractivity contribution in [3.8, 4) is 23.0 Å². The summed E-state index contributed by atoms with van der Waals surface area (Å²) >= 11 is 0. The summed E-state index contributed by atoms with van der Waals surface area (Å²) in [6.45, 7) is -3.09. The Morgan fingerprint density at radius 3 is 2.57 bits per heavy atom. The number of benzene rings is 2. The van der Waals surface area contributed by atoms with Gasteiger partial charge >= 0.3 is 6.61 Å². The minimum Gasteiger partial charge on any atom is -0.493 e. The molecule has 1 heterocycles. The smallest absolute Gasteiger partial charge is 0.387 e. The number of hydrogen-bond acceptors (Lipinski definition) is 7. The van der Waals surface area contributed by atoms with Gasteiger partial charge in [-0.3, -0.25) is 14.9 Å². The van der Waals surface area contributed by atoms with Gasteiger partial charge in [0, 0.05) is 5.56 Å². The van der Waals surface area contributed by atoms with Crippen molar-refractivity contribution in [2.45, 2.75) is 6.61 Å². The lowest BCUT2D eigenvalue weighted by atomic mass is 10.1. The molecule has 2 aromatic rings. The zero-order chi connectivity index (χ0) is 20.3. The molecule has 0 aliphatic carbocycles. The van der Waals surface area contributed by atoms with Gasteiger partial charge in [-0.2, -0.15) is 8.78 Å². The van der Waals surface area contributed by atoms with Crippen LogP contribution < -0.4 is 18.9 Å². The molecule has 10 heteroatoms. The molecule has 0 saturated carbocycles. The largest absolute Gasteiger partial charge is 0.493 e. The molecule has 3 rings (SSSR count). The first-order valence-corrected chi connectivity index (χ1v) is 7.82. The van der Waals surface area contributed by atoms with Crippen LogP contribution in [-0.4, -0.2) is 31.2 Å². The summed E-state index contributed by atoms with van der Waals surface area (Å²) in [5.41, 5.74) is 0.0110. The minimum atomic E-state index is -3.04. The Bertz CT molecular complexity index is 959. The summed E-state index contributed by atoms with van der Waals surface area (Å²) < 4.78 is 44.3. The fraction of sp³-hybridized carbons (Fsp3) is 0.167. The SMILES string of the molecule is COc1cc(C(=O)/C=C/c2cc3c(cc2[N+](=O)[O-])OCO3)ccc1OC(F)F. The number of allylic oxidation sites excluding steroid dienone is 1. The normalized spacial score (nSPS) is 12.4. The van der Waals surface area contributed by atoms with Crippen molar-refractivity contribution in [2.24, 2.45) is 0 Å². The molecule has 0 fully saturated rings. The van der Waals surface area contributed by atoms with Gasteiger partial charge in [0.15, 0.2) is 28.8 Å². The highest BCUT2D eigenvalue weighted by Gasteiger charge is 2.22. The van der Waals surface area contributed by atoms with E-state index in [4.69, 9.17) is 14.2 Å². The van der Waals surface area contributed by atoms with E-state index in [0.29, 0.717) is 5.75 Å². The maximum atomic E-state index is 12.4. The molecule has 0 unspecified atom stereocenters. The molecule has 146 valence electrons.